The summed E-state index contributed by atoms with van der Waals surface area (Å²) in [5.41, 5.74) is 6.56. The summed E-state index contributed by atoms with van der Waals surface area (Å²) < 4.78 is 36.8. The number of carbonyl (C=O) groups excluding carboxylic acids is 1. The molecule has 6 nitrogen and oxygen atoms in total. The summed E-state index contributed by atoms with van der Waals surface area (Å²) in [7, 11) is 0. The number of hydrogen-bond donors (Lipinski definition) is 2. The summed E-state index contributed by atoms with van der Waals surface area (Å²) in [5, 5.41) is 7.12. The van der Waals surface area contributed by atoms with Gasteiger partial charge in [0.25, 0.3) is 0 Å². The van der Waals surface area contributed by atoms with Crippen LogP contribution in [-0.4, -0.2) is 47.4 Å². The van der Waals surface area contributed by atoms with E-state index in [0.29, 0.717) is 19.7 Å². The average Bonchev–Trinajstić information content (AvgIpc) is 2.42. The highest BCUT2D eigenvalue weighted by molar-refractivity contribution is 5.73. The predicted octanol–water partition coefficient (Wildman–Crippen LogP) is 1.60. The Kier molecular flexibility index (Phi) is 6.17. The van der Waals surface area contributed by atoms with Crippen molar-refractivity contribution in [1.29, 1.82) is 0 Å². The number of rotatable bonds is 2. The van der Waals surface area contributed by atoms with E-state index in [-0.39, 0.29) is 12.1 Å². The van der Waals surface area contributed by atoms with Crippen LogP contribution in [0.15, 0.2) is 30.3 Å². The van der Waals surface area contributed by atoms with Crippen LogP contribution in [0, 0.1) is 0 Å². The van der Waals surface area contributed by atoms with E-state index in [1.54, 1.807) is 4.90 Å². The summed E-state index contributed by atoms with van der Waals surface area (Å²) in [6.07, 6.45) is -5.36. The number of likely N-dealkylation sites (tertiary alicyclic amines) is 1. The van der Waals surface area contributed by atoms with Gasteiger partial charge < -0.3 is 20.5 Å². The van der Waals surface area contributed by atoms with Crippen LogP contribution in [-0.2, 0) is 16.1 Å². The number of benzene rings is 1. The largest absolute Gasteiger partial charge is 0.490 e. The van der Waals surface area contributed by atoms with Crippen LogP contribution in [0.25, 0.3) is 0 Å². The second-order valence-electron chi connectivity index (χ2n) is 4.51. The van der Waals surface area contributed by atoms with E-state index in [9.17, 15) is 18.0 Å². The van der Waals surface area contributed by atoms with E-state index in [4.69, 9.17) is 20.4 Å². The number of carboxylic acids is 1. The van der Waals surface area contributed by atoms with Gasteiger partial charge in [0.2, 0.25) is 0 Å². The van der Waals surface area contributed by atoms with Crippen molar-refractivity contribution in [2.45, 2.75) is 18.8 Å². The first-order chi connectivity index (χ1) is 10.2. The average molecular weight is 320 g/mol. The first-order valence-electron chi connectivity index (χ1n) is 6.21. The van der Waals surface area contributed by atoms with Crippen molar-refractivity contribution < 1.29 is 32.6 Å². The third kappa shape index (κ3) is 6.00. The fourth-order valence-electron chi connectivity index (χ4n) is 1.47. The van der Waals surface area contributed by atoms with Crippen molar-refractivity contribution in [3.63, 3.8) is 0 Å². The molecule has 0 unspecified atom stereocenters. The number of carboxylic acid groups (broad SMARTS) is 1. The molecule has 2 rings (SSSR count). The van der Waals surface area contributed by atoms with Crippen LogP contribution in [0.4, 0.5) is 18.0 Å². The fraction of sp³-hybridized carbons (Fsp3) is 0.385. The Morgan fingerprint density at radius 2 is 1.77 bits per heavy atom. The lowest BCUT2D eigenvalue weighted by atomic mass is 10.1. The third-order valence-electron chi connectivity index (χ3n) is 2.62. The number of amides is 1. The number of nitrogens with zero attached hydrogens (tertiary/aromatic N) is 1. The maximum atomic E-state index is 11.4. The minimum Gasteiger partial charge on any atom is -0.475 e. The van der Waals surface area contributed by atoms with E-state index in [1.807, 2.05) is 30.3 Å². The molecular weight excluding hydrogens is 305 g/mol. The maximum Gasteiger partial charge on any atom is 0.490 e. The number of aliphatic carboxylic acids is 1. The second-order valence-corrected chi connectivity index (χ2v) is 4.51. The van der Waals surface area contributed by atoms with Crippen molar-refractivity contribution in [3.05, 3.63) is 35.9 Å². The molecule has 9 heteroatoms. The van der Waals surface area contributed by atoms with Gasteiger partial charge in [-0.2, -0.15) is 13.2 Å². The summed E-state index contributed by atoms with van der Waals surface area (Å²) in [6.45, 7) is 1.53. The lowest BCUT2D eigenvalue weighted by Crippen LogP contribution is -2.57. The SMILES string of the molecule is NC1CN(C(=O)OCc2ccccc2)C1.O=C(O)C(F)(F)F. The minimum atomic E-state index is -5.08. The van der Waals surface area contributed by atoms with Crippen LogP contribution in [0.3, 0.4) is 0 Å². The molecule has 0 saturated carbocycles. The predicted molar refractivity (Wildman–Crippen MR) is 69.9 cm³/mol. The summed E-state index contributed by atoms with van der Waals surface area (Å²) in [5.74, 6) is -2.76. The zero-order valence-electron chi connectivity index (χ0n) is 11.4. The highest BCUT2D eigenvalue weighted by Crippen LogP contribution is 2.13. The van der Waals surface area contributed by atoms with Crippen LogP contribution in [0.5, 0.6) is 0 Å². The molecule has 1 aromatic carbocycles. The van der Waals surface area contributed by atoms with Gasteiger partial charge in [0.05, 0.1) is 0 Å². The Balaban J connectivity index is 0.000000295. The normalized spacial score (nSPS) is 14.5. The van der Waals surface area contributed by atoms with Gasteiger partial charge in [0, 0.05) is 19.1 Å². The Bertz CT molecular complexity index is 502. The van der Waals surface area contributed by atoms with E-state index in [2.05, 4.69) is 0 Å². The number of halogens is 3. The Morgan fingerprint density at radius 3 is 2.18 bits per heavy atom. The highest BCUT2D eigenvalue weighted by Gasteiger charge is 2.38. The van der Waals surface area contributed by atoms with Gasteiger partial charge in [-0.3, -0.25) is 0 Å². The van der Waals surface area contributed by atoms with Gasteiger partial charge in [-0.15, -0.1) is 0 Å². The first-order valence-corrected chi connectivity index (χ1v) is 6.21. The van der Waals surface area contributed by atoms with Gasteiger partial charge in [-0.25, -0.2) is 9.59 Å². The molecule has 122 valence electrons. The second kappa shape index (κ2) is 7.64. The zero-order valence-corrected chi connectivity index (χ0v) is 11.4. The molecule has 1 aromatic rings. The molecule has 1 saturated heterocycles. The molecule has 22 heavy (non-hydrogen) atoms. The molecule has 1 fully saturated rings. The minimum absolute atomic E-state index is 0.120. The molecule has 1 aliphatic rings. The van der Waals surface area contributed by atoms with Crippen LogP contribution < -0.4 is 5.73 Å². The number of ether oxygens (including phenoxy) is 1. The van der Waals surface area contributed by atoms with Crippen molar-refractivity contribution in [2.75, 3.05) is 13.1 Å². The molecule has 1 amide bonds. The Labute approximate surface area is 124 Å². The first kappa shape index (κ1) is 17.8. The summed E-state index contributed by atoms with van der Waals surface area (Å²) in [4.78, 5) is 21.9. The third-order valence-corrected chi connectivity index (χ3v) is 2.62. The molecule has 3 N–H and O–H groups in total. The fourth-order valence-corrected chi connectivity index (χ4v) is 1.47. The number of hydrogen-bond acceptors (Lipinski definition) is 4. The molecule has 0 spiro atoms. The number of nitrogens with two attached hydrogens (primary N) is 1. The molecule has 0 aromatic heterocycles. The molecule has 1 heterocycles. The maximum absolute atomic E-state index is 11.4. The molecule has 0 aliphatic carbocycles. The number of carbonyl (C=O) groups is 2. The quantitative estimate of drug-likeness (QED) is 0.863. The molecule has 0 atom stereocenters. The van der Waals surface area contributed by atoms with Gasteiger partial charge in [0.1, 0.15) is 6.61 Å². The molecular formula is C13H15F3N2O4. The van der Waals surface area contributed by atoms with E-state index < -0.39 is 12.1 Å². The number of alkyl halides is 3. The zero-order chi connectivity index (χ0) is 16.8. The van der Waals surface area contributed by atoms with Crippen molar-refractivity contribution in [2.24, 2.45) is 5.73 Å². The standard InChI is InChI=1S/C11H14N2O2.C2HF3O2/c12-10-6-13(7-10)11(14)15-8-9-4-2-1-3-5-9;3-2(4,5)1(6)7/h1-5,10H,6-8,12H2;(H,6,7). The van der Waals surface area contributed by atoms with Gasteiger partial charge >= 0.3 is 18.2 Å². The highest BCUT2D eigenvalue weighted by atomic mass is 19.4. The topological polar surface area (TPSA) is 92.9 Å². The molecule has 0 radical (unpaired) electrons. The lowest BCUT2D eigenvalue weighted by Gasteiger charge is -2.35. The van der Waals surface area contributed by atoms with Crippen LogP contribution >= 0.6 is 0 Å². The van der Waals surface area contributed by atoms with E-state index in [1.165, 1.54) is 0 Å². The van der Waals surface area contributed by atoms with E-state index >= 15 is 0 Å². The lowest BCUT2D eigenvalue weighted by molar-refractivity contribution is -0.192. The van der Waals surface area contributed by atoms with Crippen molar-refractivity contribution in [1.82, 2.24) is 4.90 Å². The Morgan fingerprint density at radius 1 is 1.27 bits per heavy atom. The molecule has 0 bridgehead atoms. The summed E-state index contributed by atoms with van der Waals surface area (Å²) >= 11 is 0. The van der Waals surface area contributed by atoms with Crippen molar-refractivity contribution in [3.8, 4) is 0 Å². The molecule has 1 aliphatic heterocycles. The van der Waals surface area contributed by atoms with E-state index in [0.717, 1.165) is 5.56 Å². The Hall–Kier alpha value is -2.29. The van der Waals surface area contributed by atoms with Crippen LogP contribution in [0.2, 0.25) is 0 Å². The monoisotopic (exact) mass is 320 g/mol. The van der Waals surface area contributed by atoms with Gasteiger partial charge in [0.15, 0.2) is 0 Å². The van der Waals surface area contributed by atoms with Gasteiger partial charge in [-0.05, 0) is 5.56 Å². The smallest absolute Gasteiger partial charge is 0.475 e. The van der Waals surface area contributed by atoms with Gasteiger partial charge in [-0.1, -0.05) is 30.3 Å². The van der Waals surface area contributed by atoms with Crippen LogP contribution in [0.1, 0.15) is 5.56 Å². The summed E-state index contributed by atoms with van der Waals surface area (Å²) in [6, 6.07) is 9.74. The van der Waals surface area contributed by atoms with Crippen molar-refractivity contribution >= 4 is 12.1 Å².